The first-order chi connectivity index (χ1) is 8.81. The molecule has 2 rings (SSSR count). The summed E-state index contributed by atoms with van der Waals surface area (Å²) in [4.78, 5) is 0. The standard InChI is InChI=1S/C15H23NO2/c1-2-14(13-8-3-4-9-15(13)17)16-11-12-7-5-6-10-18-12/h3-4,8-9,12,14,16-17H,2,5-7,10-11H2,1H3. The minimum absolute atomic E-state index is 0.205. The van der Waals surface area contributed by atoms with Crippen LogP contribution in [0.4, 0.5) is 0 Å². The normalized spacial score (nSPS) is 21.7. The third-order valence-corrected chi connectivity index (χ3v) is 3.59. The van der Waals surface area contributed by atoms with Crippen LogP contribution in [-0.2, 0) is 4.74 Å². The maximum absolute atomic E-state index is 9.88. The average Bonchev–Trinajstić information content (AvgIpc) is 2.42. The lowest BCUT2D eigenvalue weighted by Crippen LogP contribution is -2.34. The molecule has 1 aromatic carbocycles. The zero-order valence-electron chi connectivity index (χ0n) is 11.1. The fourth-order valence-electron chi connectivity index (χ4n) is 2.50. The number of hydrogen-bond donors (Lipinski definition) is 2. The predicted molar refractivity (Wildman–Crippen MR) is 72.7 cm³/mol. The van der Waals surface area contributed by atoms with Gasteiger partial charge in [-0.2, -0.15) is 0 Å². The van der Waals surface area contributed by atoms with Crippen molar-refractivity contribution in [3.8, 4) is 5.75 Å². The molecule has 18 heavy (non-hydrogen) atoms. The second-order valence-corrected chi connectivity index (χ2v) is 4.92. The van der Waals surface area contributed by atoms with Gasteiger partial charge in [-0.25, -0.2) is 0 Å². The van der Waals surface area contributed by atoms with Crippen LogP contribution in [-0.4, -0.2) is 24.4 Å². The molecule has 1 fully saturated rings. The minimum Gasteiger partial charge on any atom is -0.508 e. The summed E-state index contributed by atoms with van der Waals surface area (Å²) < 4.78 is 5.71. The van der Waals surface area contributed by atoms with Crippen molar-refractivity contribution in [2.45, 2.75) is 44.8 Å². The molecule has 0 bridgehead atoms. The molecule has 2 unspecified atom stereocenters. The molecule has 1 aliphatic rings. The van der Waals surface area contributed by atoms with Gasteiger partial charge in [0.25, 0.3) is 0 Å². The fourth-order valence-corrected chi connectivity index (χ4v) is 2.50. The Balaban J connectivity index is 1.91. The maximum Gasteiger partial charge on any atom is 0.120 e. The highest BCUT2D eigenvalue weighted by Gasteiger charge is 2.17. The van der Waals surface area contributed by atoms with Crippen LogP contribution in [0.1, 0.15) is 44.2 Å². The van der Waals surface area contributed by atoms with E-state index >= 15 is 0 Å². The van der Waals surface area contributed by atoms with Gasteiger partial charge in [0, 0.05) is 24.8 Å². The van der Waals surface area contributed by atoms with Crippen molar-refractivity contribution >= 4 is 0 Å². The Morgan fingerprint density at radius 2 is 2.22 bits per heavy atom. The molecule has 1 saturated heterocycles. The lowest BCUT2D eigenvalue weighted by Gasteiger charge is -2.26. The maximum atomic E-state index is 9.88. The predicted octanol–water partition coefficient (Wildman–Crippen LogP) is 3.00. The van der Waals surface area contributed by atoms with Crippen LogP contribution < -0.4 is 5.32 Å². The van der Waals surface area contributed by atoms with Gasteiger partial charge in [0.15, 0.2) is 0 Å². The molecule has 1 aromatic rings. The van der Waals surface area contributed by atoms with Crippen molar-refractivity contribution in [2.24, 2.45) is 0 Å². The summed E-state index contributed by atoms with van der Waals surface area (Å²) in [6, 6.07) is 7.76. The SMILES string of the molecule is CCC(NCC1CCCCO1)c1ccccc1O. The van der Waals surface area contributed by atoms with E-state index in [-0.39, 0.29) is 6.04 Å². The minimum atomic E-state index is 0.205. The Bertz CT molecular complexity index is 361. The average molecular weight is 249 g/mol. The van der Waals surface area contributed by atoms with Gasteiger partial charge in [-0.3, -0.25) is 0 Å². The first kappa shape index (κ1) is 13.4. The van der Waals surface area contributed by atoms with E-state index in [0.29, 0.717) is 11.9 Å². The number of phenols is 1. The van der Waals surface area contributed by atoms with Gasteiger partial charge >= 0.3 is 0 Å². The molecule has 0 aromatic heterocycles. The first-order valence-electron chi connectivity index (χ1n) is 6.94. The molecule has 3 nitrogen and oxygen atoms in total. The van der Waals surface area contributed by atoms with E-state index in [2.05, 4.69) is 12.2 Å². The second kappa shape index (κ2) is 6.76. The van der Waals surface area contributed by atoms with Crippen LogP contribution in [0.3, 0.4) is 0 Å². The molecule has 2 atom stereocenters. The monoisotopic (exact) mass is 249 g/mol. The largest absolute Gasteiger partial charge is 0.508 e. The number of benzene rings is 1. The highest BCUT2D eigenvalue weighted by Crippen LogP contribution is 2.26. The van der Waals surface area contributed by atoms with E-state index in [1.165, 1.54) is 12.8 Å². The number of ether oxygens (including phenoxy) is 1. The topological polar surface area (TPSA) is 41.5 Å². The zero-order chi connectivity index (χ0) is 12.8. The molecule has 1 heterocycles. The van der Waals surface area contributed by atoms with Crippen molar-refractivity contribution in [3.63, 3.8) is 0 Å². The summed E-state index contributed by atoms with van der Waals surface area (Å²) in [6.07, 6.45) is 4.89. The van der Waals surface area contributed by atoms with E-state index in [4.69, 9.17) is 4.74 Å². The van der Waals surface area contributed by atoms with Crippen LogP contribution >= 0.6 is 0 Å². The molecule has 0 spiro atoms. The summed E-state index contributed by atoms with van der Waals surface area (Å²) in [5, 5.41) is 13.4. The molecule has 0 radical (unpaired) electrons. The Kier molecular flexibility index (Phi) is 5.02. The smallest absolute Gasteiger partial charge is 0.120 e. The lowest BCUT2D eigenvalue weighted by molar-refractivity contribution is 0.0152. The molecule has 0 amide bonds. The summed E-state index contributed by atoms with van der Waals surface area (Å²) in [5.74, 6) is 0.376. The first-order valence-corrected chi connectivity index (χ1v) is 6.94. The van der Waals surface area contributed by atoms with Crippen LogP contribution in [0, 0.1) is 0 Å². The number of nitrogens with one attached hydrogen (secondary N) is 1. The van der Waals surface area contributed by atoms with E-state index in [1.54, 1.807) is 6.07 Å². The zero-order valence-corrected chi connectivity index (χ0v) is 11.1. The Morgan fingerprint density at radius 3 is 2.89 bits per heavy atom. The fraction of sp³-hybridized carbons (Fsp3) is 0.600. The van der Waals surface area contributed by atoms with E-state index < -0.39 is 0 Å². The highest BCUT2D eigenvalue weighted by atomic mass is 16.5. The number of para-hydroxylation sites is 1. The molecule has 100 valence electrons. The van der Waals surface area contributed by atoms with Crippen LogP contribution in [0.15, 0.2) is 24.3 Å². The highest BCUT2D eigenvalue weighted by molar-refractivity contribution is 5.34. The van der Waals surface area contributed by atoms with Crippen LogP contribution in [0.2, 0.25) is 0 Å². The molecule has 3 heteroatoms. The van der Waals surface area contributed by atoms with Gasteiger partial charge in [-0.1, -0.05) is 25.1 Å². The van der Waals surface area contributed by atoms with Crippen molar-refractivity contribution < 1.29 is 9.84 Å². The summed E-state index contributed by atoms with van der Waals surface area (Å²) in [5.41, 5.74) is 0.982. The second-order valence-electron chi connectivity index (χ2n) is 4.92. The molecule has 0 saturated carbocycles. The van der Waals surface area contributed by atoms with Gasteiger partial charge in [0.2, 0.25) is 0 Å². The van der Waals surface area contributed by atoms with Gasteiger partial charge in [-0.05, 0) is 31.7 Å². The molecule has 1 aliphatic heterocycles. The van der Waals surface area contributed by atoms with Crippen molar-refractivity contribution in [2.75, 3.05) is 13.2 Å². The molecule has 2 N–H and O–H groups in total. The van der Waals surface area contributed by atoms with Gasteiger partial charge in [0.05, 0.1) is 6.10 Å². The van der Waals surface area contributed by atoms with Crippen molar-refractivity contribution in [1.82, 2.24) is 5.32 Å². The Morgan fingerprint density at radius 1 is 1.39 bits per heavy atom. The summed E-state index contributed by atoms with van der Waals surface area (Å²) in [7, 11) is 0. The molecule has 0 aliphatic carbocycles. The van der Waals surface area contributed by atoms with Gasteiger partial charge in [0.1, 0.15) is 5.75 Å². The molecular weight excluding hydrogens is 226 g/mol. The number of aromatic hydroxyl groups is 1. The third-order valence-electron chi connectivity index (χ3n) is 3.59. The quantitative estimate of drug-likeness (QED) is 0.843. The number of hydrogen-bond acceptors (Lipinski definition) is 3. The van der Waals surface area contributed by atoms with E-state index in [0.717, 1.165) is 31.6 Å². The van der Waals surface area contributed by atoms with Gasteiger partial charge in [-0.15, -0.1) is 0 Å². The molecular formula is C15H23NO2. The third kappa shape index (κ3) is 3.47. The van der Waals surface area contributed by atoms with Crippen molar-refractivity contribution in [1.29, 1.82) is 0 Å². The Labute approximate surface area is 109 Å². The van der Waals surface area contributed by atoms with E-state index in [9.17, 15) is 5.11 Å². The number of rotatable bonds is 5. The van der Waals surface area contributed by atoms with Crippen LogP contribution in [0.25, 0.3) is 0 Å². The van der Waals surface area contributed by atoms with Crippen LogP contribution in [0.5, 0.6) is 5.75 Å². The van der Waals surface area contributed by atoms with Gasteiger partial charge < -0.3 is 15.2 Å². The Hall–Kier alpha value is -1.06. The number of phenolic OH excluding ortho intramolecular Hbond substituents is 1. The summed E-state index contributed by atoms with van der Waals surface area (Å²) in [6.45, 7) is 3.89. The van der Waals surface area contributed by atoms with E-state index in [1.807, 2.05) is 18.2 Å². The summed E-state index contributed by atoms with van der Waals surface area (Å²) >= 11 is 0. The van der Waals surface area contributed by atoms with Crippen molar-refractivity contribution in [3.05, 3.63) is 29.8 Å². The lowest BCUT2D eigenvalue weighted by atomic mass is 10.0.